The minimum Gasteiger partial charge on any atom is -0.490 e. The summed E-state index contributed by atoms with van der Waals surface area (Å²) in [5.74, 6) is 1.37. The van der Waals surface area contributed by atoms with E-state index < -0.39 is 26.1 Å². The van der Waals surface area contributed by atoms with Gasteiger partial charge in [0.1, 0.15) is 17.3 Å². The number of fused-ring (bicyclic) bond motifs is 3. The molecule has 14 heteroatoms. The molecule has 0 aliphatic carbocycles. The third-order valence-electron chi connectivity index (χ3n) is 8.13. The van der Waals surface area contributed by atoms with Crippen LogP contribution in [0.3, 0.4) is 0 Å². The van der Waals surface area contributed by atoms with Crippen molar-refractivity contribution in [1.29, 1.82) is 0 Å². The van der Waals surface area contributed by atoms with Crippen LogP contribution in [0.5, 0.6) is 11.5 Å². The van der Waals surface area contributed by atoms with Gasteiger partial charge in [0.2, 0.25) is 15.3 Å². The average molecular weight is 639 g/mol. The third kappa shape index (κ3) is 5.03. The van der Waals surface area contributed by atoms with Gasteiger partial charge in [-0.2, -0.15) is 0 Å². The number of rotatable bonds is 5. The molecule has 0 bridgehead atoms. The molecule has 0 unspecified atom stereocenters. The fourth-order valence-electron chi connectivity index (χ4n) is 5.53. The molecule has 1 amide bonds. The number of halogens is 2. The number of nitrogens with one attached hydrogen (secondary N) is 1. The second-order valence-corrected chi connectivity index (χ2v) is 13.4. The second kappa shape index (κ2) is 11.0. The van der Waals surface area contributed by atoms with Gasteiger partial charge in [-0.3, -0.25) is 9.78 Å². The highest BCUT2D eigenvalue weighted by Crippen LogP contribution is 2.40. The smallest absolute Gasteiger partial charge is 0.251 e. The van der Waals surface area contributed by atoms with Gasteiger partial charge in [-0.05, 0) is 43.7 Å². The van der Waals surface area contributed by atoms with Gasteiger partial charge in [-0.15, -0.1) is 0 Å². The molecule has 0 spiro atoms. The van der Waals surface area contributed by atoms with E-state index in [2.05, 4.69) is 22.1 Å². The van der Waals surface area contributed by atoms with Crippen LogP contribution >= 0.6 is 11.6 Å². The van der Waals surface area contributed by atoms with Gasteiger partial charge >= 0.3 is 0 Å². The summed E-state index contributed by atoms with van der Waals surface area (Å²) in [5, 5.41) is 3.46. The number of carbonyl (C=O) groups is 1. The van der Waals surface area contributed by atoms with Crippen molar-refractivity contribution in [3.05, 3.63) is 65.1 Å². The summed E-state index contributed by atoms with van der Waals surface area (Å²) < 4.78 is 50.9. The molecule has 0 saturated carbocycles. The van der Waals surface area contributed by atoms with Crippen molar-refractivity contribution < 1.29 is 27.1 Å². The van der Waals surface area contributed by atoms with Gasteiger partial charge in [0, 0.05) is 42.2 Å². The van der Waals surface area contributed by atoms with E-state index in [1.165, 1.54) is 6.07 Å². The molecule has 11 nitrogen and oxygen atoms in total. The number of benzene rings is 1. The van der Waals surface area contributed by atoms with Crippen LogP contribution in [0, 0.1) is 0 Å². The fourth-order valence-corrected chi connectivity index (χ4v) is 7.26. The SMILES string of the molecule is C[C@@H]1CCN1c1cnc2c(c1)OCCN2c1ccc2cnc(CNC(=O)c3cc(Cl)c4c(c3)S(=O)(=O)[C@@H](F)CCO4)cc2n1. The quantitative estimate of drug-likeness (QED) is 0.332. The Bertz CT molecular complexity index is 1910. The number of anilines is 3. The zero-order valence-electron chi connectivity index (χ0n) is 23.7. The number of hydrogen-bond acceptors (Lipinski definition) is 10. The molecule has 4 aromatic rings. The lowest BCUT2D eigenvalue weighted by Gasteiger charge is -2.41. The number of ether oxygens (including phenoxy) is 2. The largest absolute Gasteiger partial charge is 0.490 e. The predicted octanol–water partition coefficient (Wildman–Crippen LogP) is 4.59. The molecule has 1 N–H and O–H groups in total. The molecule has 228 valence electrons. The highest BCUT2D eigenvalue weighted by Gasteiger charge is 2.35. The Labute approximate surface area is 257 Å². The molecular weight excluding hydrogens is 611 g/mol. The second-order valence-electron chi connectivity index (χ2n) is 10.9. The van der Waals surface area contributed by atoms with E-state index in [-0.39, 0.29) is 35.9 Å². The molecule has 3 aliphatic rings. The summed E-state index contributed by atoms with van der Waals surface area (Å²) in [4.78, 5) is 30.9. The van der Waals surface area contributed by atoms with Crippen molar-refractivity contribution in [2.24, 2.45) is 0 Å². The Morgan fingerprint density at radius 1 is 1.09 bits per heavy atom. The molecule has 3 aromatic heterocycles. The number of pyridine rings is 3. The molecule has 1 saturated heterocycles. The number of hydrogen-bond donors (Lipinski definition) is 1. The van der Waals surface area contributed by atoms with Gasteiger partial charge in [-0.1, -0.05) is 11.6 Å². The Morgan fingerprint density at radius 2 is 1.95 bits per heavy atom. The standard InChI is InChI=1S/C30H28ClFN6O5S/c1-17-4-6-37(17)21-13-24-29(34-16-21)38(7-9-42-24)27-3-2-18-14-33-20(12-23(18)36-27)15-35-30(39)19-10-22(31)28-25(11-19)44(40,41)26(32)5-8-43-28/h2-3,10-14,16-17,26H,4-9,15H2,1H3,(H,35,39)/t17-,26-/m1/s1. The van der Waals surface area contributed by atoms with Crippen LogP contribution in [0.2, 0.25) is 5.02 Å². The van der Waals surface area contributed by atoms with Crippen LogP contribution in [-0.4, -0.2) is 67.1 Å². The zero-order valence-corrected chi connectivity index (χ0v) is 25.2. The highest BCUT2D eigenvalue weighted by molar-refractivity contribution is 7.92. The lowest BCUT2D eigenvalue weighted by Crippen LogP contribution is -2.45. The predicted molar refractivity (Wildman–Crippen MR) is 163 cm³/mol. The van der Waals surface area contributed by atoms with Crippen LogP contribution < -0.4 is 24.6 Å². The van der Waals surface area contributed by atoms with Crippen LogP contribution in [0.1, 0.15) is 35.8 Å². The number of sulfone groups is 1. The van der Waals surface area contributed by atoms with Crippen LogP contribution in [0.15, 0.2) is 53.7 Å². The molecule has 2 atom stereocenters. The van der Waals surface area contributed by atoms with Crippen molar-refractivity contribution in [3.63, 3.8) is 0 Å². The van der Waals surface area contributed by atoms with Crippen molar-refractivity contribution in [2.75, 3.05) is 36.1 Å². The van der Waals surface area contributed by atoms with Gasteiger partial charge in [0.15, 0.2) is 17.3 Å². The Kier molecular flexibility index (Phi) is 7.16. The maximum atomic E-state index is 14.3. The first-order valence-corrected chi connectivity index (χ1v) is 16.2. The van der Waals surface area contributed by atoms with E-state index in [9.17, 15) is 17.6 Å². The van der Waals surface area contributed by atoms with Crippen molar-refractivity contribution in [2.45, 2.75) is 42.8 Å². The van der Waals surface area contributed by atoms with Gasteiger partial charge in [-0.25, -0.2) is 22.8 Å². The van der Waals surface area contributed by atoms with E-state index in [0.29, 0.717) is 47.8 Å². The first-order valence-electron chi connectivity index (χ1n) is 14.2. The molecule has 7 rings (SSSR count). The van der Waals surface area contributed by atoms with E-state index >= 15 is 0 Å². The average Bonchev–Trinajstić information content (AvgIpc) is 3.13. The van der Waals surface area contributed by atoms with Gasteiger partial charge in [0.25, 0.3) is 5.91 Å². The Hall–Kier alpha value is -4.23. The number of aromatic nitrogens is 3. The van der Waals surface area contributed by atoms with E-state index in [1.807, 2.05) is 29.3 Å². The summed E-state index contributed by atoms with van der Waals surface area (Å²) in [7, 11) is -4.36. The Morgan fingerprint density at radius 3 is 2.75 bits per heavy atom. The molecule has 6 heterocycles. The maximum absolute atomic E-state index is 14.3. The lowest BCUT2D eigenvalue weighted by atomic mass is 10.0. The zero-order chi connectivity index (χ0) is 30.6. The van der Waals surface area contributed by atoms with Crippen LogP contribution in [0.25, 0.3) is 10.9 Å². The molecule has 1 fully saturated rings. The minimum atomic E-state index is -4.36. The van der Waals surface area contributed by atoms with E-state index in [1.54, 1.807) is 12.3 Å². The van der Waals surface area contributed by atoms with Crippen molar-refractivity contribution in [1.82, 2.24) is 20.3 Å². The molecular formula is C30H28ClFN6O5S. The van der Waals surface area contributed by atoms with E-state index in [4.69, 9.17) is 31.0 Å². The number of alkyl halides is 1. The first-order chi connectivity index (χ1) is 21.2. The van der Waals surface area contributed by atoms with Gasteiger partial charge in [0.05, 0.1) is 47.8 Å². The van der Waals surface area contributed by atoms with E-state index in [0.717, 1.165) is 30.1 Å². The minimum absolute atomic E-state index is 0.0318. The maximum Gasteiger partial charge on any atom is 0.251 e. The number of carbonyl (C=O) groups excluding carboxylic acids is 1. The summed E-state index contributed by atoms with van der Waals surface area (Å²) in [6, 6.07) is 10.5. The Balaban J connectivity index is 1.11. The first kappa shape index (κ1) is 28.5. The molecule has 44 heavy (non-hydrogen) atoms. The number of nitrogens with zero attached hydrogens (tertiary/aromatic N) is 5. The van der Waals surface area contributed by atoms with Crippen molar-refractivity contribution in [3.8, 4) is 11.5 Å². The molecule has 1 aromatic carbocycles. The lowest BCUT2D eigenvalue weighted by molar-refractivity contribution is 0.0950. The normalized spacial score (nSPS) is 20.4. The summed E-state index contributed by atoms with van der Waals surface area (Å²) in [6.45, 7) is 4.16. The number of amides is 1. The van der Waals surface area contributed by atoms with Crippen LogP contribution in [-0.2, 0) is 16.4 Å². The summed E-state index contributed by atoms with van der Waals surface area (Å²) in [5.41, 5.74) is 0.0615. The highest BCUT2D eigenvalue weighted by atomic mass is 35.5. The summed E-state index contributed by atoms with van der Waals surface area (Å²) >= 11 is 6.24. The third-order valence-corrected chi connectivity index (χ3v) is 10.2. The monoisotopic (exact) mass is 638 g/mol. The van der Waals surface area contributed by atoms with Crippen LogP contribution in [0.4, 0.5) is 21.7 Å². The summed E-state index contributed by atoms with van der Waals surface area (Å²) in [6.07, 6.45) is 4.38. The molecule has 3 aliphatic heterocycles. The topological polar surface area (TPSA) is 127 Å². The van der Waals surface area contributed by atoms with Crippen molar-refractivity contribution >= 4 is 55.6 Å². The van der Waals surface area contributed by atoms with Gasteiger partial charge < -0.3 is 24.6 Å². The fraction of sp³-hybridized carbons (Fsp3) is 0.333. The molecule has 0 radical (unpaired) electrons.